The number of fused-ring (bicyclic) bond motifs is 1. The van der Waals surface area contributed by atoms with Crippen molar-refractivity contribution in [2.24, 2.45) is 11.8 Å². The van der Waals surface area contributed by atoms with Gasteiger partial charge in [0.1, 0.15) is 0 Å². The molecular formula is C60H69Br2N3O2S3. The molecular weight excluding hydrogens is 1050 g/mol. The van der Waals surface area contributed by atoms with Crippen molar-refractivity contribution < 1.29 is 9.59 Å². The minimum absolute atomic E-state index is 0.0278. The van der Waals surface area contributed by atoms with Gasteiger partial charge in [0.05, 0.1) is 32.3 Å². The number of halogens is 2. The topological polar surface area (TPSA) is 43.9 Å². The molecule has 0 saturated carbocycles. The summed E-state index contributed by atoms with van der Waals surface area (Å²) in [6.07, 6.45) is 17.4. The third-order valence-corrected chi connectivity index (χ3v) is 18.7. The fourth-order valence-corrected chi connectivity index (χ4v) is 13.8. The molecule has 70 heavy (non-hydrogen) atoms. The number of unbranched alkanes of at least 4 members (excludes halogenated alkanes) is 7. The number of carbonyl (C=O) groups is 2. The molecule has 2 atom stereocenters. The number of thiophene rings is 3. The Bertz CT molecular complexity index is 2700. The molecule has 5 heterocycles. The molecule has 0 spiro atoms. The van der Waals surface area contributed by atoms with Crippen LogP contribution in [0.5, 0.6) is 0 Å². The van der Waals surface area contributed by atoms with Crippen molar-refractivity contribution in [3.8, 4) is 20.2 Å². The lowest BCUT2D eigenvalue weighted by molar-refractivity contribution is -0.124. The zero-order valence-electron chi connectivity index (χ0n) is 41.7. The summed E-state index contributed by atoms with van der Waals surface area (Å²) in [4.78, 5) is 44.2. The highest BCUT2D eigenvalue weighted by molar-refractivity contribution is 9.10. The minimum atomic E-state index is -0.0278. The van der Waals surface area contributed by atoms with Crippen molar-refractivity contribution in [1.29, 1.82) is 0 Å². The second-order valence-electron chi connectivity index (χ2n) is 19.1. The van der Waals surface area contributed by atoms with Gasteiger partial charge in [-0.3, -0.25) is 9.59 Å². The van der Waals surface area contributed by atoms with Gasteiger partial charge in [-0.15, -0.1) is 34.0 Å². The number of hydrogen-bond donors (Lipinski definition) is 0. The van der Waals surface area contributed by atoms with E-state index in [-0.39, 0.29) is 11.8 Å². The van der Waals surface area contributed by atoms with Crippen LogP contribution in [0.25, 0.3) is 31.6 Å². The number of rotatable bonds is 26. The predicted molar refractivity (Wildman–Crippen MR) is 308 cm³/mol. The van der Waals surface area contributed by atoms with E-state index >= 15 is 9.59 Å². The first-order chi connectivity index (χ1) is 34.2. The Morgan fingerprint density at radius 2 is 0.871 bits per heavy atom. The number of carbonyl (C=O) groups excluding carboxylic acids is 2. The highest BCUT2D eigenvalue weighted by Gasteiger charge is 2.50. The summed E-state index contributed by atoms with van der Waals surface area (Å²) in [6, 6.07) is 38.8. The van der Waals surface area contributed by atoms with Crippen molar-refractivity contribution in [1.82, 2.24) is 9.80 Å². The molecule has 0 N–H and O–H groups in total. The van der Waals surface area contributed by atoms with Gasteiger partial charge in [0.15, 0.2) is 0 Å². The monoisotopic (exact) mass is 1120 g/mol. The average molecular weight is 1120 g/mol. The first kappa shape index (κ1) is 52.3. The zero-order chi connectivity index (χ0) is 49.1. The smallest absolute Gasteiger partial charge is 0.261 e. The third kappa shape index (κ3) is 12.1. The van der Waals surface area contributed by atoms with Gasteiger partial charge >= 0.3 is 0 Å². The maximum atomic E-state index is 15.5. The number of anilines is 3. The number of hydrogen-bond acceptors (Lipinski definition) is 6. The summed E-state index contributed by atoms with van der Waals surface area (Å²) in [7, 11) is 0. The number of amides is 2. The van der Waals surface area contributed by atoms with Crippen molar-refractivity contribution in [3.63, 3.8) is 0 Å². The number of aryl methyl sites for hydroxylation is 1. The van der Waals surface area contributed by atoms with Gasteiger partial charge in [-0.05, 0) is 140 Å². The predicted octanol–water partition coefficient (Wildman–Crippen LogP) is 19.3. The molecule has 0 aliphatic carbocycles. The number of nitrogens with zero attached hydrogens (tertiary/aromatic N) is 3. The van der Waals surface area contributed by atoms with Crippen LogP contribution in [0.3, 0.4) is 0 Å². The maximum absolute atomic E-state index is 15.5. The van der Waals surface area contributed by atoms with Gasteiger partial charge in [0, 0.05) is 58.6 Å². The maximum Gasteiger partial charge on any atom is 0.261 e. The van der Waals surface area contributed by atoms with Gasteiger partial charge in [-0.2, -0.15) is 0 Å². The van der Waals surface area contributed by atoms with E-state index in [9.17, 15) is 0 Å². The standard InChI is InChI=1S/C60H69Br2N3O2S3/c1-6-11-14-15-16-17-20-49-33-34-51(68-49)52-36-38-54(70-52)58-56-55(59(66)64(58)40-42(10-5)19-13-8-3)57(63(60(56)67)39-41(9-4)18-12-7-2)53-37-35-50(69-53)43-21-27-46(28-22-43)65(47-29-23-44(61)24-30-47)48-31-25-45(62)26-32-48/h21-38,41-42H,6-20,39-40H2,1-5H3. The lowest BCUT2D eigenvalue weighted by atomic mass is 9.98. The molecule has 368 valence electrons. The lowest BCUT2D eigenvalue weighted by Crippen LogP contribution is -2.34. The highest BCUT2D eigenvalue weighted by atomic mass is 79.9. The van der Waals surface area contributed by atoms with Crippen LogP contribution < -0.4 is 4.90 Å². The first-order valence-corrected chi connectivity index (χ1v) is 30.0. The van der Waals surface area contributed by atoms with Crippen LogP contribution in [-0.4, -0.2) is 34.7 Å². The Kier molecular flexibility index (Phi) is 18.7. The number of benzene rings is 3. The molecule has 0 bridgehead atoms. The Balaban J connectivity index is 1.17. The van der Waals surface area contributed by atoms with Crippen LogP contribution in [0.2, 0.25) is 0 Å². The molecule has 2 aliphatic rings. The Hall–Kier alpha value is -4.06. The molecule has 2 unspecified atom stereocenters. The van der Waals surface area contributed by atoms with Crippen LogP contribution in [-0.2, 0) is 16.0 Å². The molecule has 8 rings (SSSR count). The molecule has 2 amide bonds. The fourth-order valence-electron chi connectivity index (χ4n) is 9.95. The van der Waals surface area contributed by atoms with Gasteiger partial charge in [0.25, 0.3) is 11.8 Å². The van der Waals surface area contributed by atoms with Crippen LogP contribution in [0.4, 0.5) is 17.1 Å². The van der Waals surface area contributed by atoms with E-state index < -0.39 is 0 Å². The van der Waals surface area contributed by atoms with E-state index in [1.165, 1.54) is 53.2 Å². The van der Waals surface area contributed by atoms with E-state index in [0.717, 1.165) is 115 Å². The van der Waals surface area contributed by atoms with Crippen LogP contribution >= 0.6 is 65.9 Å². The average Bonchev–Trinajstić information content (AvgIpc) is 4.24. The van der Waals surface area contributed by atoms with Crippen LogP contribution in [0.15, 0.2) is 129 Å². The Morgan fingerprint density at radius 1 is 0.457 bits per heavy atom. The normalized spacial score (nSPS) is 14.7. The second-order valence-corrected chi connectivity index (χ2v) is 24.2. The van der Waals surface area contributed by atoms with E-state index in [1.807, 2.05) is 21.1 Å². The SMILES string of the molecule is CCCCCCCCc1ccc(-c2ccc(C3=C4C(=O)N(CC(CC)CCCC)C(c5ccc(-c6ccc(N(c7ccc(Br)cc7)c7ccc(Br)cc7)cc6)s5)=C4C(=O)N3CC(CC)CCCC)s2)s1. The summed E-state index contributed by atoms with van der Waals surface area (Å²) in [5.41, 5.74) is 7.06. The molecule has 2 aliphatic heterocycles. The quantitative estimate of drug-likeness (QED) is 0.0509. The van der Waals surface area contributed by atoms with Gasteiger partial charge < -0.3 is 14.7 Å². The van der Waals surface area contributed by atoms with Crippen molar-refractivity contribution >= 4 is 106 Å². The molecule has 3 aromatic heterocycles. The molecule has 6 aromatic rings. The van der Waals surface area contributed by atoms with Crippen molar-refractivity contribution in [2.75, 3.05) is 18.0 Å². The summed E-state index contributed by atoms with van der Waals surface area (Å²) in [5, 5.41) is 0. The van der Waals surface area contributed by atoms with Crippen LogP contribution in [0.1, 0.15) is 139 Å². The van der Waals surface area contributed by atoms with Gasteiger partial charge in [-0.25, -0.2) is 0 Å². The van der Waals surface area contributed by atoms with Crippen molar-refractivity contribution in [3.05, 3.63) is 144 Å². The summed E-state index contributed by atoms with van der Waals surface area (Å²) in [6.45, 7) is 12.4. The van der Waals surface area contributed by atoms with E-state index in [2.05, 4.69) is 181 Å². The highest BCUT2D eigenvalue weighted by Crippen LogP contribution is 2.51. The molecule has 0 radical (unpaired) electrons. The largest absolute Gasteiger partial charge is 0.311 e. The second kappa shape index (κ2) is 25.1. The summed E-state index contributed by atoms with van der Waals surface area (Å²) in [5.74, 6) is 0.615. The molecule has 0 fully saturated rings. The summed E-state index contributed by atoms with van der Waals surface area (Å²) < 4.78 is 2.07. The Labute approximate surface area is 447 Å². The first-order valence-electron chi connectivity index (χ1n) is 26.0. The van der Waals surface area contributed by atoms with Gasteiger partial charge in [0.2, 0.25) is 0 Å². The third-order valence-electron chi connectivity index (χ3n) is 14.1. The zero-order valence-corrected chi connectivity index (χ0v) is 47.3. The Morgan fingerprint density at radius 3 is 1.37 bits per heavy atom. The fraction of sp³-hybridized carbons (Fsp3) is 0.400. The molecule has 10 heteroatoms. The molecule has 0 saturated heterocycles. The van der Waals surface area contributed by atoms with E-state index in [4.69, 9.17) is 0 Å². The van der Waals surface area contributed by atoms with Crippen molar-refractivity contribution in [2.45, 2.75) is 131 Å². The molecule has 5 nitrogen and oxygen atoms in total. The van der Waals surface area contributed by atoms with E-state index in [1.54, 1.807) is 22.7 Å². The van der Waals surface area contributed by atoms with E-state index in [0.29, 0.717) is 36.1 Å². The minimum Gasteiger partial charge on any atom is -0.311 e. The summed E-state index contributed by atoms with van der Waals surface area (Å²) >= 11 is 12.5. The lowest BCUT2D eigenvalue weighted by Gasteiger charge is -2.29. The van der Waals surface area contributed by atoms with Gasteiger partial charge in [-0.1, -0.05) is 149 Å². The van der Waals surface area contributed by atoms with Crippen LogP contribution in [0, 0.1) is 11.8 Å². The molecule has 3 aromatic carbocycles.